The van der Waals surface area contributed by atoms with E-state index >= 15 is 0 Å². The van der Waals surface area contributed by atoms with Crippen LogP contribution in [0.2, 0.25) is 0 Å². The van der Waals surface area contributed by atoms with Gasteiger partial charge in [0, 0.05) is 0 Å². The quantitative estimate of drug-likeness (QED) is 0.559. The Hall–Kier alpha value is -1.43. The number of hydrogen-bond acceptors (Lipinski definition) is 4. The van der Waals surface area contributed by atoms with Crippen LogP contribution in [0.4, 0.5) is 0 Å². The van der Waals surface area contributed by atoms with Gasteiger partial charge in [-0.1, -0.05) is 0 Å². The van der Waals surface area contributed by atoms with Gasteiger partial charge in [-0.2, -0.15) is 0 Å². The Balaban J connectivity index is 4.19. The number of nitrogens with two attached hydrogens (primary N) is 1. The monoisotopic (exact) mass is 229 g/mol. The fraction of sp³-hybridized carbons (Fsp3) is 0.700. The van der Waals surface area contributed by atoms with Crippen LogP contribution in [0.15, 0.2) is 0 Å². The second-order valence-electron chi connectivity index (χ2n) is 3.86. The molecule has 3 unspecified atom stereocenters. The zero-order chi connectivity index (χ0) is 12.9. The molecule has 0 bridgehead atoms. The molecule has 0 spiro atoms. The zero-order valence-electron chi connectivity index (χ0n) is 10.0. The number of carbonyl (C=O) groups is 3. The van der Waals surface area contributed by atoms with E-state index in [-0.39, 0.29) is 5.78 Å². The minimum Gasteiger partial charge on any atom is -0.345 e. The van der Waals surface area contributed by atoms with Gasteiger partial charge in [-0.25, -0.2) is 0 Å². The average Bonchev–Trinajstić information content (AvgIpc) is 2.16. The molecule has 3 atom stereocenters. The van der Waals surface area contributed by atoms with Crippen molar-refractivity contribution in [1.29, 1.82) is 0 Å². The van der Waals surface area contributed by atoms with Crippen molar-refractivity contribution in [2.45, 2.75) is 45.8 Å². The van der Waals surface area contributed by atoms with Crippen molar-refractivity contribution >= 4 is 17.6 Å². The second kappa shape index (κ2) is 6.22. The first-order chi connectivity index (χ1) is 7.25. The number of hydrogen-bond donors (Lipinski definition) is 3. The molecule has 0 radical (unpaired) electrons. The molecule has 2 amide bonds. The molecule has 0 heterocycles. The predicted molar refractivity (Wildman–Crippen MR) is 59.5 cm³/mol. The normalized spacial score (nSPS) is 15.8. The maximum Gasteiger partial charge on any atom is 0.242 e. The first-order valence-corrected chi connectivity index (χ1v) is 5.12. The number of amides is 2. The van der Waals surface area contributed by atoms with Crippen LogP contribution in [0, 0.1) is 0 Å². The smallest absolute Gasteiger partial charge is 0.242 e. The zero-order valence-corrected chi connectivity index (χ0v) is 10.0. The van der Waals surface area contributed by atoms with Gasteiger partial charge in [-0.3, -0.25) is 14.4 Å². The van der Waals surface area contributed by atoms with E-state index in [0.29, 0.717) is 0 Å². The first-order valence-electron chi connectivity index (χ1n) is 5.12. The molecule has 6 heteroatoms. The highest BCUT2D eigenvalue weighted by Crippen LogP contribution is 1.89. The fourth-order valence-corrected chi connectivity index (χ4v) is 0.850. The molecule has 4 N–H and O–H groups in total. The lowest BCUT2D eigenvalue weighted by Gasteiger charge is -2.17. The summed E-state index contributed by atoms with van der Waals surface area (Å²) in [5.74, 6) is -0.950. The van der Waals surface area contributed by atoms with E-state index in [2.05, 4.69) is 10.6 Å². The lowest BCUT2D eigenvalue weighted by atomic mass is 10.2. The van der Waals surface area contributed by atoms with Crippen LogP contribution in [0.5, 0.6) is 0 Å². The number of nitrogens with one attached hydrogen (secondary N) is 2. The van der Waals surface area contributed by atoms with Gasteiger partial charge in [0.05, 0.1) is 12.1 Å². The highest BCUT2D eigenvalue weighted by Gasteiger charge is 2.19. The fourth-order valence-electron chi connectivity index (χ4n) is 0.850. The van der Waals surface area contributed by atoms with Crippen LogP contribution in [0.3, 0.4) is 0 Å². The summed E-state index contributed by atoms with van der Waals surface area (Å²) in [4.78, 5) is 33.6. The third kappa shape index (κ3) is 4.88. The Morgan fingerprint density at radius 2 is 1.38 bits per heavy atom. The van der Waals surface area contributed by atoms with Crippen molar-refractivity contribution in [2.75, 3.05) is 0 Å². The molecule has 0 saturated heterocycles. The van der Waals surface area contributed by atoms with Gasteiger partial charge in [0.1, 0.15) is 6.04 Å². The van der Waals surface area contributed by atoms with Crippen LogP contribution >= 0.6 is 0 Å². The topological polar surface area (TPSA) is 101 Å². The molecule has 0 saturated carbocycles. The largest absolute Gasteiger partial charge is 0.345 e. The van der Waals surface area contributed by atoms with Crippen LogP contribution in [-0.4, -0.2) is 35.7 Å². The van der Waals surface area contributed by atoms with Crippen molar-refractivity contribution < 1.29 is 14.4 Å². The standard InChI is InChI=1S/C10H19N3O3/c1-5(11)9(15)13-7(3)10(16)12-6(2)8(4)14/h5-7H,11H2,1-4H3,(H,12,16)(H,13,15). The molecule has 0 aliphatic rings. The summed E-state index contributed by atoms with van der Waals surface area (Å²) >= 11 is 0. The van der Waals surface area contributed by atoms with E-state index in [0.717, 1.165) is 0 Å². The Morgan fingerprint density at radius 1 is 0.938 bits per heavy atom. The molecule has 0 aliphatic heterocycles. The van der Waals surface area contributed by atoms with E-state index < -0.39 is 29.9 Å². The maximum absolute atomic E-state index is 11.5. The molecular formula is C10H19N3O3. The third-order valence-corrected chi connectivity index (χ3v) is 2.13. The molecule has 6 nitrogen and oxygen atoms in total. The Morgan fingerprint density at radius 3 is 1.75 bits per heavy atom. The third-order valence-electron chi connectivity index (χ3n) is 2.13. The minimum absolute atomic E-state index is 0.140. The molecular weight excluding hydrogens is 210 g/mol. The van der Waals surface area contributed by atoms with Crippen molar-refractivity contribution in [3.05, 3.63) is 0 Å². The summed E-state index contributed by atoms with van der Waals surface area (Å²) in [6.45, 7) is 6.02. The minimum atomic E-state index is -0.708. The summed E-state index contributed by atoms with van der Waals surface area (Å²) in [5, 5.41) is 4.92. The van der Waals surface area contributed by atoms with Crippen LogP contribution in [0.1, 0.15) is 27.7 Å². The predicted octanol–water partition coefficient (Wildman–Crippen LogP) is -1.07. The van der Waals surface area contributed by atoms with E-state index in [1.54, 1.807) is 6.92 Å². The summed E-state index contributed by atoms with van der Waals surface area (Å²) in [6.07, 6.45) is 0. The van der Waals surface area contributed by atoms with Crippen LogP contribution in [0.25, 0.3) is 0 Å². The van der Waals surface area contributed by atoms with Gasteiger partial charge < -0.3 is 16.4 Å². The van der Waals surface area contributed by atoms with Gasteiger partial charge in [0.15, 0.2) is 5.78 Å². The first kappa shape index (κ1) is 14.6. The van der Waals surface area contributed by atoms with Gasteiger partial charge >= 0.3 is 0 Å². The number of rotatable bonds is 5. The van der Waals surface area contributed by atoms with Gasteiger partial charge in [-0.05, 0) is 27.7 Å². The van der Waals surface area contributed by atoms with E-state index in [9.17, 15) is 14.4 Å². The van der Waals surface area contributed by atoms with Gasteiger partial charge in [0.2, 0.25) is 11.8 Å². The molecule has 0 aromatic rings. The maximum atomic E-state index is 11.5. The summed E-state index contributed by atoms with van der Waals surface area (Å²) in [7, 11) is 0. The number of ketones is 1. The van der Waals surface area contributed by atoms with Crippen LogP contribution in [-0.2, 0) is 14.4 Å². The molecule has 0 rings (SSSR count). The molecule has 0 aromatic heterocycles. The molecule has 16 heavy (non-hydrogen) atoms. The van der Waals surface area contributed by atoms with Crippen molar-refractivity contribution in [1.82, 2.24) is 10.6 Å². The summed E-state index contributed by atoms with van der Waals surface area (Å²) < 4.78 is 0. The van der Waals surface area contributed by atoms with Crippen LogP contribution < -0.4 is 16.4 Å². The Bertz CT molecular complexity index is 289. The van der Waals surface area contributed by atoms with Crippen molar-refractivity contribution in [3.63, 3.8) is 0 Å². The molecule has 0 aromatic carbocycles. The summed E-state index contributed by atoms with van der Waals surface area (Å²) in [5.41, 5.74) is 5.34. The SMILES string of the molecule is CC(=O)C(C)NC(=O)C(C)NC(=O)C(C)N. The van der Waals surface area contributed by atoms with Crippen molar-refractivity contribution in [3.8, 4) is 0 Å². The van der Waals surface area contributed by atoms with Gasteiger partial charge in [-0.15, -0.1) is 0 Å². The van der Waals surface area contributed by atoms with E-state index in [1.165, 1.54) is 20.8 Å². The second-order valence-corrected chi connectivity index (χ2v) is 3.86. The lowest BCUT2D eigenvalue weighted by Crippen LogP contribution is -2.51. The number of Topliss-reactive ketones (excluding diaryl/α,β-unsaturated/α-hetero) is 1. The molecule has 0 aliphatic carbocycles. The summed E-state index contributed by atoms with van der Waals surface area (Å²) in [6, 6.07) is -1.93. The van der Waals surface area contributed by atoms with Crippen molar-refractivity contribution in [2.24, 2.45) is 5.73 Å². The Labute approximate surface area is 94.9 Å². The number of carbonyl (C=O) groups excluding carboxylic acids is 3. The average molecular weight is 229 g/mol. The highest BCUT2D eigenvalue weighted by atomic mass is 16.2. The van der Waals surface area contributed by atoms with E-state index in [4.69, 9.17) is 5.73 Å². The molecule has 0 fully saturated rings. The highest BCUT2D eigenvalue weighted by molar-refractivity contribution is 5.92. The lowest BCUT2D eigenvalue weighted by molar-refractivity contribution is -0.130. The van der Waals surface area contributed by atoms with Gasteiger partial charge in [0.25, 0.3) is 0 Å². The molecule has 92 valence electrons. The van der Waals surface area contributed by atoms with E-state index in [1.807, 2.05) is 0 Å². The Kier molecular flexibility index (Phi) is 5.66.